The highest BCUT2D eigenvalue weighted by molar-refractivity contribution is 5.91. The van der Waals surface area contributed by atoms with Crippen LogP contribution in [-0.2, 0) is 6.42 Å². The van der Waals surface area contributed by atoms with Gasteiger partial charge in [0.2, 0.25) is 0 Å². The van der Waals surface area contributed by atoms with Crippen LogP contribution in [0.3, 0.4) is 0 Å². The lowest BCUT2D eigenvalue weighted by molar-refractivity contribution is 0.0693. The van der Waals surface area contributed by atoms with Crippen LogP contribution in [0, 0.1) is 0 Å². The number of carboxylic acids is 1. The average Bonchev–Trinajstić information content (AvgIpc) is 2.73. The van der Waals surface area contributed by atoms with Crippen LogP contribution in [0.2, 0.25) is 0 Å². The van der Waals surface area contributed by atoms with Crippen LogP contribution in [0.4, 0.5) is 0 Å². The van der Waals surface area contributed by atoms with Crippen molar-refractivity contribution >= 4 is 5.97 Å². The summed E-state index contributed by atoms with van der Waals surface area (Å²) in [5.41, 5.74) is 3.60. The third-order valence-electron chi connectivity index (χ3n) is 4.90. The van der Waals surface area contributed by atoms with E-state index in [2.05, 4.69) is 12.2 Å². The number of hydrogen-bond acceptors (Lipinski definition) is 4. The first-order valence-corrected chi connectivity index (χ1v) is 9.56. The Labute approximate surface area is 170 Å². The quantitative estimate of drug-likeness (QED) is 0.466. The van der Waals surface area contributed by atoms with Crippen LogP contribution >= 0.6 is 0 Å². The van der Waals surface area contributed by atoms with Gasteiger partial charge in [-0.2, -0.15) is 0 Å². The summed E-state index contributed by atoms with van der Waals surface area (Å²) >= 11 is 0. The number of benzene rings is 3. The molecule has 3 rings (SSSR count). The van der Waals surface area contributed by atoms with E-state index in [9.17, 15) is 15.0 Å². The number of aromatic hydroxyl groups is 1. The minimum absolute atomic E-state index is 0.108. The fourth-order valence-corrected chi connectivity index (χ4v) is 3.26. The Bertz CT molecular complexity index is 954. The van der Waals surface area contributed by atoms with Gasteiger partial charge in [-0.1, -0.05) is 60.7 Å². The first kappa shape index (κ1) is 20.6. The number of nitrogens with one attached hydrogen (secondary N) is 1. The standard InChI is InChI=1S/C24H25NO4/c1-16(25-15-23(27)19-5-3-2-4-6-19)13-17-7-9-18(10-8-17)20-11-12-21(24(28)29)22(26)14-20/h2-12,14,16,23,25-27H,13,15H2,1H3,(H,28,29)/t16-,23+/m1/s1. The maximum atomic E-state index is 11.0. The number of carbonyl (C=O) groups is 1. The van der Waals surface area contributed by atoms with Gasteiger partial charge in [0, 0.05) is 12.6 Å². The van der Waals surface area contributed by atoms with E-state index in [0.29, 0.717) is 6.54 Å². The predicted octanol–water partition coefficient (Wildman–Crippen LogP) is 4.01. The summed E-state index contributed by atoms with van der Waals surface area (Å²) in [4.78, 5) is 11.0. The Hall–Kier alpha value is -3.15. The number of carboxylic acid groups (broad SMARTS) is 1. The summed E-state index contributed by atoms with van der Waals surface area (Å²) in [5.74, 6) is -1.39. The van der Waals surface area contributed by atoms with Gasteiger partial charge in [0.05, 0.1) is 6.10 Å². The van der Waals surface area contributed by atoms with Crippen LogP contribution < -0.4 is 5.32 Å². The van der Waals surface area contributed by atoms with Crippen LogP contribution in [0.1, 0.15) is 34.5 Å². The highest BCUT2D eigenvalue weighted by Crippen LogP contribution is 2.27. The Morgan fingerprint density at radius 2 is 1.62 bits per heavy atom. The van der Waals surface area contributed by atoms with Crippen molar-refractivity contribution in [1.29, 1.82) is 0 Å². The van der Waals surface area contributed by atoms with E-state index in [1.165, 1.54) is 12.1 Å². The minimum Gasteiger partial charge on any atom is -0.507 e. The number of rotatable bonds is 8. The molecule has 4 N–H and O–H groups in total. The molecule has 0 aliphatic rings. The molecule has 0 fully saturated rings. The zero-order valence-corrected chi connectivity index (χ0v) is 16.2. The molecule has 5 nitrogen and oxygen atoms in total. The second kappa shape index (κ2) is 9.37. The topological polar surface area (TPSA) is 89.8 Å². The first-order valence-electron chi connectivity index (χ1n) is 9.56. The van der Waals surface area contributed by atoms with Crippen molar-refractivity contribution in [3.05, 3.63) is 89.5 Å². The molecule has 0 saturated heterocycles. The Morgan fingerprint density at radius 1 is 0.966 bits per heavy atom. The molecular weight excluding hydrogens is 366 g/mol. The Morgan fingerprint density at radius 3 is 2.24 bits per heavy atom. The summed E-state index contributed by atoms with van der Waals surface area (Å²) in [6.45, 7) is 2.56. The van der Waals surface area contributed by atoms with Crippen molar-refractivity contribution in [2.24, 2.45) is 0 Å². The zero-order valence-electron chi connectivity index (χ0n) is 16.2. The van der Waals surface area contributed by atoms with Gasteiger partial charge in [0.1, 0.15) is 11.3 Å². The van der Waals surface area contributed by atoms with Crippen molar-refractivity contribution < 1.29 is 20.1 Å². The third kappa shape index (κ3) is 5.44. The molecule has 150 valence electrons. The fraction of sp³-hybridized carbons (Fsp3) is 0.208. The molecule has 0 aliphatic carbocycles. The maximum absolute atomic E-state index is 11.0. The number of phenols is 1. The van der Waals surface area contributed by atoms with E-state index < -0.39 is 12.1 Å². The van der Waals surface area contributed by atoms with E-state index in [1.807, 2.05) is 54.6 Å². The van der Waals surface area contributed by atoms with Gasteiger partial charge in [0.15, 0.2) is 0 Å². The van der Waals surface area contributed by atoms with E-state index in [-0.39, 0.29) is 17.4 Å². The molecule has 0 amide bonds. The molecular formula is C24H25NO4. The molecule has 0 unspecified atom stereocenters. The van der Waals surface area contributed by atoms with Crippen molar-refractivity contribution in [3.63, 3.8) is 0 Å². The van der Waals surface area contributed by atoms with Gasteiger partial charge in [-0.3, -0.25) is 0 Å². The summed E-state index contributed by atoms with van der Waals surface area (Å²) in [6, 6.07) is 22.3. The molecule has 3 aromatic carbocycles. The summed E-state index contributed by atoms with van der Waals surface area (Å²) in [5, 5.41) is 32.5. The molecule has 0 bridgehead atoms. The van der Waals surface area contributed by atoms with Crippen LogP contribution in [0.15, 0.2) is 72.8 Å². The molecule has 2 atom stereocenters. The summed E-state index contributed by atoms with van der Waals surface area (Å²) in [7, 11) is 0. The van der Waals surface area contributed by atoms with Gasteiger partial charge in [0.25, 0.3) is 0 Å². The molecule has 3 aromatic rings. The van der Waals surface area contributed by atoms with E-state index in [1.54, 1.807) is 6.07 Å². The maximum Gasteiger partial charge on any atom is 0.339 e. The van der Waals surface area contributed by atoms with E-state index >= 15 is 0 Å². The van der Waals surface area contributed by atoms with Crippen molar-refractivity contribution in [1.82, 2.24) is 5.32 Å². The lowest BCUT2D eigenvalue weighted by Gasteiger charge is -2.18. The van der Waals surface area contributed by atoms with Gasteiger partial charge in [-0.05, 0) is 47.7 Å². The summed E-state index contributed by atoms with van der Waals surface area (Å²) < 4.78 is 0. The monoisotopic (exact) mass is 391 g/mol. The van der Waals surface area contributed by atoms with E-state index in [0.717, 1.165) is 28.7 Å². The molecule has 0 saturated carbocycles. The zero-order chi connectivity index (χ0) is 20.8. The minimum atomic E-state index is -1.15. The second-order valence-electron chi connectivity index (χ2n) is 7.17. The normalized spacial score (nSPS) is 13.0. The lowest BCUT2D eigenvalue weighted by Crippen LogP contribution is -2.32. The predicted molar refractivity (Wildman–Crippen MR) is 113 cm³/mol. The SMILES string of the molecule is C[C@H](Cc1ccc(-c2ccc(C(=O)O)c(O)c2)cc1)NC[C@H](O)c1ccccc1. The van der Waals surface area contributed by atoms with Gasteiger partial charge in [-0.15, -0.1) is 0 Å². The lowest BCUT2D eigenvalue weighted by atomic mass is 9.99. The van der Waals surface area contributed by atoms with Crippen molar-refractivity contribution in [3.8, 4) is 16.9 Å². The van der Waals surface area contributed by atoms with Crippen LogP contribution in [0.5, 0.6) is 5.75 Å². The molecule has 0 spiro atoms. The number of aliphatic hydroxyl groups is 1. The smallest absolute Gasteiger partial charge is 0.339 e. The molecule has 0 aliphatic heterocycles. The highest BCUT2D eigenvalue weighted by atomic mass is 16.4. The highest BCUT2D eigenvalue weighted by Gasteiger charge is 2.12. The van der Waals surface area contributed by atoms with Crippen molar-refractivity contribution in [2.45, 2.75) is 25.5 Å². The molecule has 5 heteroatoms. The number of aliphatic hydroxyl groups excluding tert-OH is 1. The first-order chi connectivity index (χ1) is 13.9. The molecule has 29 heavy (non-hydrogen) atoms. The Balaban J connectivity index is 1.57. The van der Waals surface area contributed by atoms with Crippen molar-refractivity contribution in [2.75, 3.05) is 6.54 Å². The second-order valence-corrected chi connectivity index (χ2v) is 7.17. The molecule has 0 aromatic heterocycles. The van der Waals surface area contributed by atoms with Crippen LogP contribution in [-0.4, -0.2) is 33.9 Å². The largest absolute Gasteiger partial charge is 0.507 e. The summed E-state index contributed by atoms with van der Waals surface area (Å²) in [6.07, 6.45) is 0.271. The average molecular weight is 391 g/mol. The van der Waals surface area contributed by atoms with Gasteiger partial charge in [-0.25, -0.2) is 4.79 Å². The van der Waals surface area contributed by atoms with E-state index in [4.69, 9.17) is 5.11 Å². The Kier molecular flexibility index (Phi) is 6.65. The van der Waals surface area contributed by atoms with Gasteiger partial charge >= 0.3 is 5.97 Å². The molecule has 0 radical (unpaired) electrons. The third-order valence-corrected chi connectivity index (χ3v) is 4.90. The number of hydrogen-bond donors (Lipinski definition) is 4. The van der Waals surface area contributed by atoms with Crippen LogP contribution in [0.25, 0.3) is 11.1 Å². The van der Waals surface area contributed by atoms with Gasteiger partial charge < -0.3 is 20.6 Å². The number of aromatic carboxylic acids is 1. The fourth-order valence-electron chi connectivity index (χ4n) is 3.26. The molecule has 0 heterocycles.